The zero-order chi connectivity index (χ0) is 12.3. The summed E-state index contributed by atoms with van der Waals surface area (Å²) < 4.78 is 0. The molecule has 0 bridgehead atoms. The number of carbonyl (C=O) groups is 1. The van der Waals surface area contributed by atoms with Crippen LogP contribution in [-0.4, -0.2) is 29.3 Å². The van der Waals surface area contributed by atoms with E-state index in [1.54, 1.807) is 0 Å². The summed E-state index contributed by atoms with van der Waals surface area (Å²) in [6.45, 7) is 12.0. The number of rotatable bonds is 5. The monoisotopic (exact) mass is 225 g/mol. The van der Waals surface area contributed by atoms with Crippen LogP contribution in [0.4, 0.5) is 0 Å². The van der Waals surface area contributed by atoms with E-state index in [1.807, 2.05) is 6.92 Å². The van der Waals surface area contributed by atoms with Crippen molar-refractivity contribution in [3.05, 3.63) is 0 Å². The second kappa shape index (κ2) is 5.81. The van der Waals surface area contributed by atoms with Gasteiger partial charge in [-0.2, -0.15) is 0 Å². The van der Waals surface area contributed by atoms with Crippen LogP contribution in [0.25, 0.3) is 0 Å². The van der Waals surface area contributed by atoms with Crippen molar-refractivity contribution >= 4 is 5.78 Å². The van der Waals surface area contributed by atoms with Gasteiger partial charge in [0.2, 0.25) is 0 Å². The summed E-state index contributed by atoms with van der Waals surface area (Å²) in [5.41, 5.74) is 0. The Bertz CT molecular complexity index is 235. The predicted octanol–water partition coefficient (Wildman–Crippen LogP) is 3.11. The van der Waals surface area contributed by atoms with Crippen LogP contribution in [0.3, 0.4) is 0 Å². The quantitative estimate of drug-likeness (QED) is 0.716. The summed E-state index contributed by atoms with van der Waals surface area (Å²) in [6.07, 6.45) is 3.03. The molecule has 0 amide bonds. The first-order chi connectivity index (χ1) is 7.45. The highest BCUT2D eigenvalue weighted by atomic mass is 16.1. The third-order valence-electron chi connectivity index (χ3n) is 3.61. The number of ketones is 1. The second-order valence-electron chi connectivity index (χ2n) is 5.86. The van der Waals surface area contributed by atoms with Crippen molar-refractivity contribution in [1.82, 2.24) is 4.90 Å². The summed E-state index contributed by atoms with van der Waals surface area (Å²) in [7, 11) is 0. The number of carbonyl (C=O) groups excluding carboxylic acids is 1. The molecule has 0 unspecified atom stereocenters. The normalized spacial score (nSPS) is 26.9. The summed E-state index contributed by atoms with van der Waals surface area (Å²) in [4.78, 5) is 14.3. The molecule has 0 aromatic heterocycles. The average molecular weight is 225 g/mol. The molecule has 2 nitrogen and oxygen atoms in total. The van der Waals surface area contributed by atoms with Gasteiger partial charge in [-0.1, -0.05) is 20.8 Å². The lowest BCUT2D eigenvalue weighted by Crippen LogP contribution is -2.40. The van der Waals surface area contributed by atoms with Crippen LogP contribution in [0.2, 0.25) is 0 Å². The number of likely N-dealkylation sites (tertiary alicyclic amines) is 1. The van der Waals surface area contributed by atoms with Crippen molar-refractivity contribution in [3.8, 4) is 0 Å². The first-order valence-corrected chi connectivity index (χ1v) is 6.74. The van der Waals surface area contributed by atoms with E-state index in [0.29, 0.717) is 18.2 Å². The van der Waals surface area contributed by atoms with Crippen LogP contribution in [0.5, 0.6) is 0 Å². The zero-order valence-corrected chi connectivity index (χ0v) is 11.5. The van der Waals surface area contributed by atoms with Gasteiger partial charge in [0.25, 0.3) is 0 Å². The van der Waals surface area contributed by atoms with Crippen molar-refractivity contribution in [3.63, 3.8) is 0 Å². The van der Waals surface area contributed by atoms with E-state index >= 15 is 0 Å². The van der Waals surface area contributed by atoms with Gasteiger partial charge in [-0.25, -0.2) is 0 Å². The second-order valence-corrected chi connectivity index (χ2v) is 5.86. The molecule has 1 aliphatic rings. The molecule has 2 atom stereocenters. The Morgan fingerprint density at radius 2 is 1.94 bits per heavy atom. The van der Waals surface area contributed by atoms with E-state index < -0.39 is 0 Å². The molecule has 1 rings (SSSR count). The molecule has 1 heterocycles. The molecule has 0 radical (unpaired) electrons. The molecule has 2 heteroatoms. The van der Waals surface area contributed by atoms with Gasteiger partial charge in [0.1, 0.15) is 5.78 Å². The van der Waals surface area contributed by atoms with Crippen molar-refractivity contribution in [2.24, 2.45) is 11.8 Å². The van der Waals surface area contributed by atoms with Crippen LogP contribution >= 0.6 is 0 Å². The van der Waals surface area contributed by atoms with Gasteiger partial charge >= 0.3 is 0 Å². The van der Waals surface area contributed by atoms with Gasteiger partial charge in [0, 0.05) is 19.0 Å². The largest absolute Gasteiger partial charge is 0.298 e. The molecular weight excluding hydrogens is 198 g/mol. The summed E-state index contributed by atoms with van der Waals surface area (Å²) in [5, 5.41) is 0. The Morgan fingerprint density at radius 3 is 2.38 bits per heavy atom. The Balaban J connectivity index is 2.64. The van der Waals surface area contributed by atoms with Crippen LogP contribution in [-0.2, 0) is 4.79 Å². The molecule has 16 heavy (non-hydrogen) atoms. The van der Waals surface area contributed by atoms with E-state index in [4.69, 9.17) is 0 Å². The van der Waals surface area contributed by atoms with Crippen LogP contribution in [0.15, 0.2) is 0 Å². The molecule has 94 valence electrons. The summed E-state index contributed by atoms with van der Waals surface area (Å²) in [6, 6.07) is 0.700. The highest BCUT2D eigenvalue weighted by molar-refractivity contribution is 5.84. The highest BCUT2D eigenvalue weighted by Crippen LogP contribution is 2.30. The summed E-state index contributed by atoms with van der Waals surface area (Å²) >= 11 is 0. The third-order valence-corrected chi connectivity index (χ3v) is 3.61. The molecule has 0 spiro atoms. The number of hydrogen-bond donors (Lipinski definition) is 0. The Morgan fingerprint density at radius 1 is 1.31 bits per heavy atom. The minimum Gasteiger partial charge on any atom is -0.298 e. The summed E-state index contributed by atoms with van der Waals surface area (Å²) in [5.74, 6) is 1.90. The minimum atomic E-state index is 0.203. The predicted molar refractivity (Wildman–Crippen MR) is 68.5 cm³/mol. The first-order valence-electron chi connectivity index (χ1n) is 6.74. The smallest absolute Gasteiger partial charge is 0.149 e. The van der Waals surface area contributed by atoms with E-state index in [0.717, 1.165) is 24.8 Å². The molecule has 0 aliphatic carbocycles. The van der Waals surface area contributed by atoms with Gasteiger partial charge in [-0.3, -0.25) is 9.69 Å². The van der Waals surface area contributed by atoms with E-state index in [9.17, 15) is 4.79 Å². The molecule has 0 N–H and O–H groups in total. The van der Waals surface area contributed by atoms with Crippen LogP contribution in [0, 0.1) is 11.8 Å². The molecule has 1 saturated heterocycles. The van der Waals surface area contributed by atoms with Crippen LogP contribution in [0.1, 0.15) is 53.9 Å². The van der Waals surface area contributed by atoms with Crippen molar-refractivity contribution in [2.75, 3.05) is 6.54 Å². The number of hydrogen-bond acceptors (Lipinski definition) is 2. The van der Waals surface area contributed by atoms with Crippen molar-refractivity contribution < 1.29 is 4.79 Å². The highest BCUT2D eigenvalue weighted by Gasteiger charge is 2.36. The lowest BCUT2D eigenvalue weighted by Gasteiger charge is -2.27. The van der Waals surface area contributed by atoms with Crippen LogP contribution < -0.4 is 0 Å². The number of Topliss-reactive ketones (excluding diaryl/α,β-unsaturated/α-hetero) is 1. The Kier molecular flexibility index (Phi) is 4.97. The van der Waals surface area contributed by atoms with Gasteiger partial charge in [-0.15, -0.1) is 0 Å². The molecule has 0 aromatic carbocycles. The fourth-order valence-electron chi connectivity index (χ4n) is 2.91. The van der Waals surface area contributed by atoms with E-state index in [-0.39, 0.29) is 6.04 Å². The maximum Gasteiger partial charge on any atom is 0.149 e. The SMILES string of the molecule is CCC(=O)[C@@H]1C[C@@H](CC(C)C)CN1C(C)C. The van der Waals surface area contributed by atoms with Crippen molar-refractivity contribution in [1.29, 1.82) is 0 Å². The Hall–Kier alpha value is -0.370. The Labute approximate surface area is 100 Å². The fraction of sp³-hybridized carbons (Fsp3) is 0.929. The standard InChI is InChI=1S/C14H27NO/c1-6-14(16)13-8-12(7-10(2)3)9-15(13)11(4)5/h10-13H,6-9H2,1-5H3/t12-,13+/m1/s1. The number of nitrogens with zero attached hydrogens (tertiary/aromatic N) is 1. The molecule has 1 fully saturated rings. The minimum absolute atomic E-state index is 0.203. The zero-order valence-electron chi connectivity index (χ0n) is 11.5. The van der Waals surface area contributed by atoms with Crippen molar-refractivity contribution in [2.45, 2.75) is 66.0 Å². The van der Waals surface area contributed by atoms with Gasteiger partial charge < -0.3 is 0 Å². The maximum absolute atomic E-state index is 11.9. The lowest BCUT2D eigenvalue weighted by molar-refractivity contribution is -0.123. The third kappa shape index (κ3) is 3.31. The maximum atomic E-state index is 11.9. The topological polar surface area (TPSA) is 20.3 Å². The molecular formula is C14H27NO. The first kappa shape index (κ1) is 13.7. The van der Waals surface area contributed by atoms with E-state index in [1.165, 1.54) is 6.42 Å². The van der Waals surface area contributed by atoms with Gasteiger partial charge in [0.05, 0.1) is 6.04 Å². The molecule has 0 aromatic rings. The molecule has 1 aliphatic heterocycles. The fourth-order valence-corrected chi connectivity index (χ4v) is 2.91. The van der Waals surface area contributed by atoms with Gasteiger partial charge in [0.15, 0.2) is 0 Å². The average Bonchev–Trinajstić information content (AvgIpc) is 2.59. The van der Waals surface area contributed by atoms with Gasteiger partial charge in [-0.05, 0) is 38.5 Å². The molecule has 0 saturated carbocycles. The van der Waals surface area contributed by atoms with E-state index in [2.05, 4.69) is 32.6 Å². The lowest BCUT2D eigenvalue weighted by atomic mass is 9.93.